The van der Waals surface area contributed by atoms with Gasteiger partial charge >= 0.3 is 0 Å². The van der Waals surface area contributed by atoms with Crippen molar-refractivity contribution >= 4 is 0 Å². The summed E-state index contributed by atoms with van der Waals surface area (Å²) in [7, 11) is 2.04. The quantitative estimate of drug-likeness (QED) is 0.616. The van der Waals surface area contributed by atoms with Crippen molar-refractivity contribution in [3.63, 3.8) is 0 Å². The van der Waals surface area contributed by atoms with Gasteiger partial charge in [-0.05, 0) is 43.4 Å². The zero-order valence-corrected chi connectivity index (χ0v) is 10.5. The average molecular weight is 234 g/mol. The number of nitrogens with one attached hydrogen (secondary N) is 1. The highest BCUT2D eigenvalue weighted by Gasteiger charge is 2.40. The minimum atomic E-state index is 0.208. The number of hydrazine groups is 1. The van der Waals surface area contributed by atoms with E-state index in [1.807, 2.05) is 19.4 Å². The SMILES string of the molecule is Cn1ccnc1C(CC1CC2CCC1C2)NN. The maximum atomic E-state index is 5.71. The van der Waals surface area contributed by atoms with Crippen LogP contribution in [-0.4, -0.2) is 9.55 Å². The van der Waals surface area contributed by atoms with Crippen LogP contribution in [0.2, 0.25) is 0 Å². The van der Waals surface area contributed by atoms with Gasteiger partial charge in [0.1, 0.15) is 5.82 Å². The molecule has 1 heterocycles. The van der Waals surface area contributed by atoms with Crippen LogP contribution < -0.4 is 11.3 Å². The van der Waals surface area contributed by atoms with Crippen LogP contribution in [0, 0.1) is 17.8 Å². The molecule has 1 aromatic rings. The van der Waals surface area contributed by atoms with Gasteiger partial charge in [0.25, 0.3) is 0 Å². The summed E-state index contributed by atoms with van der Waals surface area (Å²) in [5.41, 5.74) is 2.95. The Morgan fingerprint density at radius 1 is 1.53 bits per heavy atom. The molecule has 4 atom stereocenters. The molecule has 0 radical (unpaired) electrons. The van der Waals surface area contributed by atoms with Crippen LogP contribution in [0.3, 0.4) is 0 Å². The van der Waals surface area contributed by atoms with Gasteiger partial charge in [-0.2, -0.15) is 0 Å². The molecular formula is C13H22N4. The Kier molecular flexibility index (Phi) is 2.92. The van der Waals surface area contributed by atoms with Crippen molar-refractivity contribution in [2.24, 2.45) is 30.6 Å². The van der Waals surface area contributed by atoms with Gasteiger partial charge in [-0.3, -0.25) is 5.84 Å². The van der Waals surface area contributed by atoms with Crippen LogP contribution in [0.1, 0.15) is 44.0 Å². The molecule has 2 fully saturated rings. The lowest BCUT2D eigenvalue weighted by Gasteiger charge is -2.26. The van der Waals surface area contributed by atoms with E-state index in [2.05, 4.69) is 15.0 Å². The first-order valence-electron chi connectivity index (χ1n) is 6.71. The molecule has 3 N–H and O–H groups in total. The molecular weight excluding hydrogens is 212 g/mol. The molecule has 2 aliphatic carbocycles. The number of hydrogen-bond donors (Lipinski definition) is 2. The van der Waals surface area contributed by atoms with Gasteiger partial charge in [-0.15, -0.1) is 0 Å². The first kappa shape index (κ1) is 11.2. The zero-order chi connectivity index (χ0) is 11.8. The fraction of sp³-hybridized carbons (Fsp3) is 0.769. The lowest BCUT2D eigenvalue weighted by molar-refractivity contribution is 0.274. The summed E-state index contributed by atoms with van der Waals surface area (Å²) in [6.07, 6.45) is 10.7. The number of rotatable bonds is 4. The molecule has 0 saturated heterocycles. The highest BCUT2D eigenvalue weighted by molar-refractivity contribution is 5.01. The van der Waals surface area contributed by atoms with Crippen LogP contribution in [0.15, 0.2) is 12.4 Å². The topological polar surface area (TPSA) is 55.9 Å². The first-order chi connectivity index (χ1) is 8.28. The molecule has 0 aromatic carbocycles. The van der Waals surface area contributed by atoms with Gasteiger partial charge in [0.05, 0.1) is 6.04 Å². The molecule has 17 heavy (non-hydrogen) atoms. The van der Waals surface area contributed by atoms with Gasteiger partial charge in [0.15, 0.2) is 0 Å². The Morgan fingerprint density at radius 2 is 2.41 bits per heavy atom. The standard InChI is InChI=1S/C13H22N4/c1-17-5-4-15-13(17)12(16-14)8-11-7-9-2-3-10(11)6-9/h4-5,9-12,16H,2-3,6-8,14H2,1H3. The number of fused-ring (bicyclic) bond motifs is 2. The van der Waals surface area contributed by atoms with Gasteiger partial charge in [0, 0.05) is 19.4 Å². The van der Waals surface area contributed by atoms with Gasteiger partial charge < -0.3 is 4.57 Å². The molecule has 2 bridgehead atoms. The Bertz CT molecular complexity index is 387. The second kappa shape index (κ2) is 4.42. The third-order valence-corrected chi connectivity index (χ3v) is 4.79. The second-order valence-electron chi connectivity index (χ2n) is 5.79. The summed E-state index contributed by atoms with van der Waals surface area (Å²) in [6.45, 7) is 0. The Morgan fingerprint density at radius 3 is 2.94 bits per heavy atom. The van der Waals surface area contributed by atoms with Crippen molar-refractivity contribution in [3.05, 3.63) is 18.2 Å². The molecule has 94 valence electrons. The highest BCUT2D eigenvalue weighted by Crippen LogP contribution is 2.50. The van der Waals surface area contributed by atoms with Crippen molar-refractivity contribution in [2.75, 3.05) is 0 Å². The second-order valence-corrected chi connectivity index (χ2v) is 5.79. The van der Waals surface area contributed by atoms with Gasteiger partial charge in [-0.1, -0.05) is 6.42 Å². The lowest BCUT2D eigenvalue weighted by atomic mass is 9.84. The molecule has 4 heteroatoms. The fourth-order valence-electron chi connectivity index (χ4n) is 3.93. The number of nitrogens with two attached hydrogens (primary N) is 1. The maximum absolute atomic E-state index is 5.71. The van der Waals surface area contributed by atoms with Crippen LogP contribution in [0.5, 0.6) is 0 Å². The van der Waals surface area contributed by atoms with E-state index in [1.54, 1.807) is 0 Å². The van der Waals surface area contributed by atoms with Crippen LogP contribution in [0.25, 0.3) is 0 Å². The Balaban J connectivity index is 1.69. The van der Waals surface area contributed by atoms with E-state index < -0.39 is 0 Å². The first-order valence-corrected chi connectivity index (χ1v) is 6.71. The van der Waals surface area contributed by atoms with Crippen molar-refractivity contribution in [1.29, 1.82) is 0 Å². The summed E-state index contributed by atoms with van der Waals surface area (Å²) in [4.78, 5) is 4.41. The highest BCUT2D eigenvalue weighted by atomic mass is 15.3. The normalized spacial score (nSPS) is 33.2. The molecule has 0 aliphatic heterocycles. The minimum absolute atomic E-state index is 0.208. The summed E-state index contributed by atoms with van der Waals surface area (Å²) in [6, 6.07) is 0.208. The number of hydrogen-bond acceptors (Lipinski definition) is 3. The summed E-state index contributed by atoms with van der Waals surface area (Å²) in [5, 5.41) is 0. The summed E-state index contributed by atoms with van der Waals surface area (Å²) < 4.78 is 2.07. The Labute approximate surface area is 103 Å². The molecule has 4 nitrogen and oxygen atoms in total. The molecule has 2 saturated carbocycles. The van der Waals surface area contributed by atoms with E-state index in [1.165, 1.54) is 25.7 Å². The van der Waals surface area contributed by atoms with E-state index in [-0.39, 0.29) is 6.04 Å². The predicted molar refractivity (Wildman–Crippen MR) is 66.8 cm³/mol. The molecule has 1 aromatic heterocycles. The number of aromatic nitrogens is 2. The van der Waals surface area contributed by atoms with Gasteiger partial charge in [0.2, 0.25) is 0 Å². The largest absolute Gasteiger partial charge is 0.337 e. The number of nitrogens with zero attached hydrogens (tertiary/aromatic N) is 2. The molecule has 3 rings (SSSR count). The average Bonchev–Trinajstić information content (AvgIpc) is 3.02. The minimum Gasteiger partial charge on any atom is -0.337 e. The van der Waals surface area contributed by atoms with Crippen molar-refractivity contribution in [1.82, 2.24) is 15.0 Å². The van der Waals surface area contributed by atoms with Crippen LogP contribution in [-0.2, 0) is 7.05 Å². The third-order valence-electron chi connectivity index (χ3n) is 4.79. The molecule has 0 spiro atoms. The van der Waals surface area contributed by atoms with E-state index in [0.29, 0.717) is 0 Å². The van der Waals surface area contributed by atoms with Crippen molar-refractivity contribution in [3.8, 4) is 0 Å². The molecule has 2 aliphatic rings. The summed E-state index contributed by atoms with van der Waals surface area (Å²) in [5.74, 6) is 9.58. The Hall–Kier alpha value is -0.870. The molecule has 4 unspecified atom stereocenters. The van der Waals surface area contributed by atoms with E-state index in [9.17, 15) is 0 Å². The summed E-state index contributed by atoms with van der Waals surface area (Å²) >= 11 is 0. The molecule has 0 amide bonds. The predicted octanol–water partition coefficient (Wildman–Crippen LogP) is 1.75. The zero-order valence-electron chi connectivity index (χ0n) is 10.5. The van der Waals surface area contributed by atoms with E-state index >= 15 is 0 Å². The smallest absolute Gasteiger partial charge is 0.126 e. The van der Waals surface area contributed by atoms with Gasteiger partial charge in [-0.25, -0.2) is 10.4 Å². The van der Waals surface area contributed by atoms with Crippen LogP contribution >= 0.6 is 0 Å². The van der Waals surface area contributed by atoms with E-state index in [0.717, 1.165) is 30.0 Å². The maximum Gasteiger partial charge on any atom is 0.126 e. The number of imidazole rings is 1. The van der Waals surface area contributed by atoms with Crippen molar-refractivity contribution < 1.29 is 0 Å². The lowest BCUT2D eigenvalue weighted by Crippen LogP contribution is -2.32. The fourth-order valence-corrected chi connectivity index (χ4v) is 3.93. The number of aryl methyl sites for hydroxylation is 1. The van der Waals surface area contributed by atoms with Crippen LogP contribution in [0.4, 0.5) is 0 Å². The third kappa shape index (κ3) is 2.00. The van der Waals surface area contributed by atoms with Crippen molar-refractivity contribution in [2.45, 2.75) is 38.1 Å². The van der Waals surface area contributed by atoms with E-state index in [4.69, 9.17) is 5.84 Å². The monoisotopic (exact) mass is 234 g/mol.